The third kappa shape index (κ3) is 6.64. The number of carbonyl (C=O) groups is 2. The molecule has 2 atom stereocenters. The van der Waals surface area contributed by atoms with E-state index in [1.807, 2.05) is 30.3 Å². The zero-order valence-corrected chi connectivity index (χ0v) is 18.4. The van der Waals surface area contributed by atoms with E-state index in [1.54, 1.807) is 12.0 Å². The van der Waals surface area contributed by atoms with Gasteiger partial charge in [0, 0.05) is 31.8 Å². The van der Waals surface area contributed by atoms with E-state index in [0.29, 0.717) is 32.7 Å². The molecule has 6 nitrogen and oxygen atoms in total. The topological polar surface area (TPSA) is 67.9 Å². The summed E-state index contributed by atoms with van der Waals surface area (Å²) in [5, 5.41) is 3.00. The molecule has 1 aliphatic heterocycles. The number of amides is 2. The number of likely N-dealkylation sites (tertiary alicyclic amines) is 1. The first-order valence-corrected chi connectivity index (χ1v) is 10.9. The summed E-state index contributed by atoms with van der Waals surface area (Å²) in [6, 6.07) is 17.9. The van der Waals surface area contributed by atoms with Crippen LogP contribution in [0.4, 0.5) is 5.69 Å². The summed E-state index contributed by atoms with van der Waals surface area (Å²) in [5.74, 6) is -0.329. The van der Waals surface area contributed by atoms with Gasteiger partial charge in [0.1, 0.15) is 6.61 Å². The fourth-order valence-corrected chi connectivity index (χ4v) is 3.92. The maximum absolute atomic E-state index is 13.0. The van der Waals surface area contributed by atoms with Crippen molar-refractivity contribution in [1.82, 2.24) is 4.90 Å². The minimum atomic E-state index is -0.285. The van der Waals surface area contributed by atoms with Crippen molar-refractivity contribution in [3.05, 3.63) is 65.7 Å². The van der Waals surface area contributed by atoms with Gasteiger partial charge in [-0.05, 0) is 36.1 Å². The van der Waals surface area contributed by atoms with Crippen LogP contribution in [0.25, 0.3) is 0 Å². The number of anilines is 1. The molecule has 2 aromatic rings. The Balaban J connectivity index is 1.72. The van der Waals surface area contributed by atoms with E-state index >= 15 is 0 Å². The van der Waals surface area contributed by atoms with Crippen LogP contribution in [0.5, 0.6) is 0 Å². The van der Waals surface area contributed by atoms with E-state index in [4.69, 9.17) is 9.47 Å². The summed E-state index contributed by atoms with van der Waals surface area (Å²) in [6.07, 6.45) is 1.69. The van der Waals surface area contributed by atoms with E-state index < -0.39 is 0 Å². The van der Waals surface area contributed by atoms with Gasteiger partial charge in [0.05, 0.1) is 19.1 Å². The van der Waals surface area contributed by atoms with Gasteiger partial charge in [-0.15, -0.1) is 0 Å². The van der Waals surface area contributed by atoms with Crippen molar-refractivity contribution >= 4 is 17.5 Å². The predicted molar refractivity (Wildman–Crippen MR) is 121 cm³/mol. The summed E-state index contributed by atoms with van der Waals surface area (Å²) in [4.78, 5) is 27.6. The number of nitrogens with zero attached hydrogens (tertiary/aromatic N) is 1. The largest absolute Gasteiger partial charge is 0.382 e. The Morgan fingerprint density at radius 1 is 1.03 bits per heavy atom. The molecule has 3 rings (SSSR count). The normalized spacial score (nSPS) is 18.6. The first kappa shape index (κ1) is 23.0. The summed E-state index contributed by atoms with van der Waals surface area (Å²) < 4.78 is 10.4. The fourth-order valence-electron chi connectivity index (χ4n) is 3.92. The number of hydrogen-bond acceptors (Lipinski definition) is 4. The lowest BCUT2D eigenvalue weighted by atomic mass is 9.83. The molecule has 0 aliphatic carbocycles. The van der Waals surface area contributed by atoms with Crippen LogP contribution in [-0.2, 0) is 25.5 Å². The van der Waals surface area contributed by atoms with E-state index in [2.05, 4.69) is 36.5 Å². The van der Waals surface area contributed by atoms with E-state index in [1.165, 1.54) is 5.56 Å². The lowest BCUT2D eigenvalue weighted by molar-refractivity contribution is -0.140. The average molecular weight is 425 g/mol. The molecule has 1 heterocycles. The Bertz CT molecular complexity index is 838. The number of nitrogens with one attached hydrogen (secondary N) is 1. The number of methoxy groups -OCH3 is 1. The minimum absolute atomic E-state index is 0.00211. The molecule has 1 fully saturated rings. The highest BCUT2D eigenvalue weighted by Gasteiger charge is 2.34. The highest BCUT2D eigenvalue weighted by molar-refractivity contribution is 5.93. The molecular formula is C25H32N2O4. The second-order valence-corrected chi connectivity index (χ2v) is 7.92. The van der Waals surface area contributed by atoms with Crippen molar-refractivity contribution in [2.75, 3.05) is 45.3 Å². The molecule has 1 aliphatic rings. The molecule has 2 aromatic carbocycles. The first-order valence-electron chi connectivity index (χ1n) is 10.9. The van der Waals surface area contributed by atoms with Gasteiger partial charge in [0.2, 0.25) is 11.8 Å². The molecule has 0 spiro atoms. The number of carbonyl (C=O) groups excluding carboxylic acids is 2. The monoisotopic (exact) mass is 424 g/mol. The number of hydrogen-bond donors (Lipinski definition) is 1. The summed E-state index contributed by atoms with van der Waals surface area (Å²) in [6.45, 7) is 3.93. The summed E-state index contributed by atoms with van der Waals surface area (Å²) in [5.41, 5.74) is 3.20. The lowest BCUT2D eigenvalue weighted by Gasteiger charge is -2.37. The van der Waals surface area contributed by atoms with Gasteiger partial charge in [0.25, 0.3) is 0 Å². The first-order chi connectivity index (χ1) is 15.1. The van der Waals surface area contributed by atoms with Crippen LogP contribution in [0.15, 0.2) is 54.6 Å². The number of rotatable bonds is 9. The maximum Gasteiger partial charge on any atom is 0.248 e. The average Bonchev–Trinajstić information content (AvgIpc) is 2.82. The van der Waals surface area contributed by atoms with Gasteiger partial charge in [-0.3, -0.25) is 9.59 Å². The van der Waals surface area contributed by atoms with Crippen LogP contribution in [0, 0.1) is 5.92 Å². The summed E-state index contributed by atoms with van der Waals surface area (Å²) >= 11 is 0. The van der Waals surface area contributed by atoms with E-state index in [-0.39, 0.29) is 30.3 Å². The Hall–Kier alpha value is -2.70. The number of aryl methyl sites for hydroxylation is 1. The maximum atomic E-state index is 13.0. The molecule has 2 amide bonds. The molecule has 6 heteroatoms. The number of benzene rings is 2. The van der Waals surface area contributed by atoms with Gasteiger partial charge >= 0.3 is 0 Å². The quantitative estimate of drug-likeness (QED) is 0.626. The summed E-state index contributed by atoms with van der Waals surface area (Å²) in [7, 11) is 1.60. The highest BCUT2D eigenvalue weighted by atomic mass is 16.5. The third-order valence-corrected chi connectivity index (χ3v) is 5.73. The standard InChI is InChI=1S/C25H32N2O4/c1-3-19-9-11-20(12-10-19)21-15-22(25(29)26-23-7-5-4-6-8-23)17-27(16-21)24(28)18-31-14-13-30-2/h4-12,21-22H,3,13-18H2,1-2H3,(H,26,29). The van der Waals surface area contributed by atoms with Crippen molar-refractivity contribution in [1.29, 1.82) is 0 Å². The number of para-hydroxylation sites is 1. The Morgan fingerprint density at radius 3 is 2.45 bits per heavy atom. The predicted octanol–water partition coefficient (Wildman–Crippen LogP) is 3.48. The lowest BCUT2D eigenvalue weighted by Crippen LogP contribution is -2.47. The number of ether oxygens (including phenoxy) is 2. The second-order valence-electron chi connectivity index (χ2n) is 7.92. The Kier molecular flexibility index (Phi) is 8.62. The zero-order valence-electron chi connectivity index (χ0n) is 18.4. The van der Waals surface area contributed by atoms with Crippen molar-refractivity contribution in [3.8, 4) is 0 Å². The molecule has 0 aromatic heterocycles. The van der Waals surface area contributed by atoms with Crippen LogP contribution < -0.4 is 5.32 Å². The van der Waals surface area contributed by atoms with Gasteiger partial charge in [-0.2, -0.15) is 0 Å². The zero-order chi connectivity index (χ0) is 22.1. The Labute approximate surface area is 184 Å². The molecule has 2 unspecified atom stereocenters. The van der Waals surface area contributed by atoms with E-state index in [0.717, 1.165) is 17.7 Å². The van der Waals surface area contributed by atoms with Crippen molar-refractivity contribution in [2.45, 2.75) is 25.7 Å². The van der Waals surface area contributed by atoms with Crippen molar-refractivity contribution in [3.63, 3.8) is 0 Å². The molecule has 1 N–H and O–H groups in total. The molecule has 0 radical (unpaired) electrons. The van der Waals surface area contributed by atoms with Crippen LogP contribution in [-0.4, -0.2) is 56.7 Å². The molecular weight excluding hydrogens is 392 g/mol. The van der Waals surface area contributed by atoms with Gasteiger partial charge in [-0.25, -0.2) is 0 Å². The van der Waals surface area contributed by atoms with Crippen LogP contribution in [0.2, 0.25) is 0 Å². The fraction of sp³-hybridized carbons (Fsp3) is 0.440. The van der Waals surface area contributed by atoms with Crippen LogP contribution in [0.1, 0.15) is 30.4 Å². The van der Waals surface area contributed by atoms with Crippen molar-refractivity contribution < 1.29 is 19.1 Å². The molecule has 166 valence electrons. The van der Waals surface area contributed by atoms with Gasteiger partial charge in [-0.1, -0.05) is 49.4 Å². The highest BCUT2D eigenvalue weighted by Crippen LogP contribution is 2.31. The Morgan fingerprint density at radius 2 is 1.77 bits per heavy atom. The molecule has 1 saturated heterocycles. The third-order valence-electron chi connectivity index (χ3n) is 5.73. The molecule has 31 heavy (non-hydrogen) atoms. The molecule has 0 bridgehead atoms. The van der Waals surface area contributed by atoms with Gasteiger partial charge in [0.15, 0.2) is 0 Å². The minimum Gasteiger partial charge on any atom is -0.382 e. The SMILES string of the molecule is CCc1ccc(C2CC(C(=O)Nc3ccccc3)CN(C(=O)COCCOC)C2)cc1. The van der Waals surface area contributed by atoms with Crippen molar-refractivity contribution in [2.24, 2.45) is 5.92 Å². The second kappa shape index (κ2) is 11.6. The van der Waals surface area contributed by atoms with E-state index in [9.17, 15) is 9.59 Å². The van der Waals surface area contributed by atoms with Crippen LogP contribution in [0.3, 0.4) is 0 Å². The smallest absolute Gasteiger partial charge is 0.248 e. The van der Waals surface area contributed by atoms with Crippen LogP contribution >= 0.6 is 0 Å². The van der Waals surface area contributed by atoms with Gasteiger partial charge < -0.3 is 19.7 Å². The number of piperidine rings is 1. The molecule has 0 saturated carbocycles.